The number of amides is 1. The molecule has 2 aromatic heterocycles. The lowest BCUT2D eigenvalue weighted by Gasteiger charge is -2.32. The van der Waals surface area contributed by atoms with Gasteiger partial charge in [0.2, 0.25) is 5.91 Å². The number of thiazole rings is 1. The van der Waals surface area contributed by atoms with Crippen LogP contribution in [0, 0.1) is 6.92 Å². The molecule has 0 atom stereocenters. The second kappa shape index (κ2) is 8.10. The van der Waals surface area contributed by atoms with E-state index in [4.69, 9.17) is 0 Å². The summed E-state index contributed by atoms with van der Waals surface area (Å²) in [4.78, 5) is 25.6. The summed E-state index contributed by atoms with van der Waals surface area (Å²) in [6.07, 6.45) is 6.36. The molecule has 0 saturated carbocycles. The van der Waals surface area contributed by atoms with Crippen molar-refractivity contribution in [3.8, 4) is 0 Å². The third-order valence-corrected chi connectivity index (χ3v) is 5.57. The van der Waals surface area contributed by atoms with Crippen LogP contribution < -0.4 is 0 Å². The number of hydrogen-bond acceptors (Lipinski definition) is 5. The maximum absolute atomic E-state index is 12.5. The number of nitrogens with zero attached hydrogens (tertiary/aromatic N) is 5. The van der Waals surface area contributed by atoms with E-state index in [0.717, 1.165) is 49.7 Å². The van der Waals surface area contributed by atoms with Gasteiger partial charge in [-0.3, -0.25) is 4.79 Å². The highest BCUT2D eigenvalue weighted by molar-refractivity contribution is 7.09. The molecule has 7 heteroatoms. The Bertz CT molecular complexity index is 700. The molecule has 0 bridgehead atoms. The Kier molecular flexibility index (Phi) is 5.86. The van der Waals surface area contributed by atoms with Crippen LogP contribution in [0.3, 0.4) is 0 Å². The van der Waals surface area contributed by atoms with Gasteiger partial charge in [-0.05, 0) is 33.9 Å². The van der Waals surface area contributed by atoms with Crippen molar-refractivity contribution in [3.05, 3.63) is 34.3 Å². The van der Waals surface area contributed by atoms with Crippen LogP contribution in [0.5, 0.6) is 0 Å². The predicted octanol–water partition coefficient (Wildman–Crippen LogP) is 2.16. The first kappa shape index (κ1) is 18.1. The maximum atomic E-state index is 12.5. The fourth-order valence-electron chi connectivity index (χ4n) is 3.32. The van der Waals surface area contributed by atoms with E-state index in [-0.39, 0.29) is 5.91 Å². The summed E-state index contributed by atoms with van der Waals surface area (Å²) in [6, 6.07) is 0. The largest absolute Gasteiger partial charge is 0.342 e. The second-order valence-corrected chi connectivity index (χ2v) is 8.03. The van der Waals surface area contributed by atoms with Crippen molar-refractivity contribution in [2.75, 3.05) is 33.7 Å². The van der Waals surface area contributed by atoms with E-state index in [0.29, 0.717) is 12.3 Å². The Morgan fingerprint density at radius 3 is 2.76 bits per heavy atom. The average molecular weight is 362 g/mol. The topological polar surface area (TPSA) is 54.3 Å². The number of aryl methyl sites for hydroxylation is 1. The van der Waals surface area contributed by atoms with Gasteiger partial charge >= 0.3 is 0 Å². The van der Waals surface area contributed by atoms with Gasteiger partial charge in [-0.15, -0.1) is 11.3 Å². The van der Waals surface area contributed by atoms with E-state index in [2.05, 4.69) is 39.7 Å². The highest BCUT2D eigenvalue weighted by atomic mass is 32.1. The van der Waals surface area contributed by atoms with Crippen molar-refractivity contribution >= 4 is 17.2 Å². The minimum atomic E-state index is 0.194. The standard InChI is InChI=1S/C18H27N5OS/c1-14-20-16(13-25-14)12-17(24)22-7-4-15(5-8-22)18-19-6-9-23(18)11-10-21(2)3/h6,9,13,15H,4-5,7-8,10-12H2,1-3H3. The lowest BCUT2D eigenvalue weighted by molar-refractivity contribution is -0.131. The molecule has 3 rings (SSSR count). The van der Waals surface area contributed by atoms with Crippen molar-refractivity contribution in [2.45, 2.75) is 38.6 Å². The summed E-state index contributed by atoms with van der Waals surface area (Å²) in [5.74, 6) is 1.81. The number of aromatic nitrogens is 3. The molecule has 1 saturated heterocycles. The minimum absolute atomic E-state index is 0.194. The molecule has 136 valence electrons. The van der Waals surface area contributed by atoms with E-state index in [1.807, 2.05) is 23.4 Å². The molecule has 1 fully saturated rings. The van der Waals surface area contributed by atoms with Crippen LogP contribution in [0.4, 0.5) is 0 Å². The van der Waals surface area contributed by atoms with Crippen LogP contribution in [0.1, 0.15) is 35.3 Å². The molecule has 0 spiro atoms. The van der Waals surface area contributed by atoms with Crippen molar-refractivity contribution in [1.82, 2.24) is 24.3 Å². The molecule has 1 aliphatic rings. The SMILES string of the molecule is Cc1nc(CC(=O)N2CCC(c3nccn3CCN(C)C)CC2)cs1. The smallest absolute Gasteiger partial charge is 0.228 e. The van der Waals surface area contributed by atoms with Crippen LogP contribution in [0.2, 0.25) is 0 Å². The lowest BCUT2D eigenvalue weighted by atomic mass is 9.95. The van der Waals surface area contributed by atoms with Crippen molar-refractivity contribution in [2.24, 2.45) is 0 Å². The van der Waals surface area contributed by atoms with E-state index in [1.165, 1.54) is 5.82 Å². The molecule has 0 aliphatic carbocycles. The highest BCUT2D eigenvalue weighted by Crippen LogP contribution is 2.27. The number of carbonyl (C=O) groups is 1. The van der Waals surface area contributed by atoms with Gasteiger partial charge in [-0.1, -0.05) is 0 Å². The van der Waals surface area contributed by atoms with Gasteiger partial charge in [0.1, 0.15) is 5.82 Å². The van der Waals surface area contributed by atoms with Crippen molar-refractivity contribution in [1.29, 1.82) is 0 Å². The Morgan fingerprint density at radius 1 is 1.36 bits per heavy atom. The first-order valence-electron chi connectivity index (χ1n) is 8.87. The summed E-state index contributed by atoms with van der Waals surface area (Å²) < 4.78 is 2.26. The molecule has 0 aromatic carbocycles. The second-order valence-electron chi connectivity index (χ2n) is 6.97. The molecule has 1 amide bonds. The maximum Gasteiger partial charge on any atom is 0.228 e. The monoisotopic (exact) mass is 361 g/mol. The number of piperidine rings is 1. The molecule has 0 unspecified atom stereocenters. The first-order valence-corrected chi connectivity index (χ1v) is 9.75. The molecule has 0 radical (unpaired) electrons. The Balaban J connectivity index is 1.53. The molecule has 25 heavy (non-hydrogen) atoms. The van der Waals surface area contributed by atoms with Gasteiger partial charge in [0.25, 0.3) is 0 Å². The van der Waals surface area contributed by atoms with Crippen LogP contribution in [-0.2, 0) is 17.8 Å². The Morgan fingerprint density at radius 2 is 2.12 bits per heavy atom. The molecule has 2 aromatic rings. The quantitative estimate of drug-likeness (QED) is 0.791. The van der Waals surface area contributed by atoms with Crippen LogP contribution in [-0.4, -0.2) is 64.0 Å². The Labute approximate surface area is 153 Å². The summed E-state index contributed by atoms with van der Waals surface area (Å²) >= 11 is 1.60. The summed E-state index contributed by atoms with van der Waals surface area (Å²) in [5, 5.41) is 3.01. The molecular weight excluding hydrogens is 334 g/mol. The summed E-state index contributed by atoms with van der Waals surface area (Å²) in [5.41, 5.74) is 0.897. The normalized spacial score (nSPS) is 15.9. The summed E-state index contributed by atoms with van der Waals surface area (Å²) in [6.45, 7) is 5.57. The zero-order valence-electron chi connectivity index (χ0n) is 15.3. The van der Waals surface area contributed by atoms with Gasteiger partial charge in [0, 0.05) is 49.9 Å². The average Bonchev–Trinajstić information content (AvgIpc) is 3.22. The van der Waals surface area contributed by atoms with Gasteiger partial charge in [0.05, 0.1) is 17.1 Å². The van der Waals surface area contributed by atoms with E-state index >= 15 is 0 Å². The third-order valence-electron chi connectivity index (χ3n) is 4.75. The fourth-order valence-corrected chi connectivity index (χ4v) is 3.93. The molecule has 6 nitrogen and oxygen atoms in total. The van der Waals surface area contributed by atoms with Crippen LogP contribution in [0.15, 0.2) is 17.8 Å². The van der Waals surface area contributed by atoms with Crippen molar-refractivity contribution < 1.29 is 4.79 Å². The van der Waals surface area contributed by atoms with Crippen LogP contribution in [0.25, 0.3) is 0 Å². The zero-order valence-corrected chi connectivity index (χ0v) is 16.1. The Hall–Kier alpha value is -1.73. The highest BCUT2D eigenvalue weighted by Gasteiger charge is 2.26. The van der Waals surface area contributed by atoms with Gasteiger partial charge in [-0.2, -0.15) is 0 Å². The van der Waals surface area contributed by atoms with E-state index in [1.54, 1.807) is 11.3 Å². The van der Waals surface area contributed by atoms with E-state index in [9.17, 15) is 4.79 Å². The number of imidazole rings is 1. The van der Waals surface area contributed by atoms with Crippen LogP contribution >= 0.6 is 11.3 Å². The van der Waals surface area contributed by atoms with Crippen molar-refractivity contribution in [3.63, 3.8) is 0 Å². The molecule has 3 heterocycles. The lowest BCUT2D eigenvalue weighted by Crippen LogP contribution is -2.39. The van der Waals surface area contributed by atoms with Gasteiger partial charge in [-0.25, -0.2) is 9.97 Å². The van der Waals surface area contributed by atoms with Gasteiger partial charge in [0.15, 0.2) is 0 Å². The number of likely N-dealkylation sites (tertiary alicyclic amines) is 1. The number of carbonyl (C=O) groups excluding carboxylic acids is 1. The minimum Gasteiger partial charge on any atom is -0.342 e. The fraction of sp³-hybridized carbons (Fsp3) is 0.611. The predicted molar refractivity (Wildman–Crippen MR) is 99.9 cm³/mol. The number of rotatable bonds is 6. The first-order chi connectivity index (χ1) is 12.0. The molecular formula is C18H27N5OS. The van der Waals surface area contributed by atoms with Gasteiger partial charge < -0.3 is 14.4 Å². The molecule has 0 N–H and O–H groups in total. The van der Waals surface area contributed by atoms with E-state index < -0.39 is 0 Å². The number of likely N-dealkylation sites (N-methyl/N-ethyl adjacent to an activating group) is 1. The third kappa shape index (κ3) is 4.67. The zero-order chi connectivity index (χ0) is 17.8. The summed E-state index contributed by atoms with van der Waals surface area (Å²) in [7, 11) is 4.18. The molecule has 1 aliphatic heterocycles. The number of hydrogen-bond donors (Lipinski definition) is 0.